The number of hydrogen-bond donors (Lipinski definition) is 1. The van der Waals surface area contributed by atoms with Crippen LogP contribution in [0.25, 0.3) is 0 Å². The molecule has 112 valence electrons. The van der Waals surface area contributed by atoms with Crippen LogP contribution < -0.4 is 5.32 Å². The molecule has 4 bridgehead atoms. The van der Waals surface area contributed by atoms with Crippen molar-refractivity contribution in [3.63, 3.8) is 0 Å². The summed E-state index contributed by atoms with van der Waals surface area (Å²) in [4.78, 5) is 16.4. The minimum Gasteiger partial charge on any atom is -0.349 e. The number of nitrogens with one attached hydrogen (secondary N) is 1. The molecule has 0 spiro atoms. The molecule has 4 fully saturated rings. The van der Waals surface area contributed by atoms with E-state index < -0.39 is 0 Å². The lowest BCUT2D eigenvalue weighted by molar-refractivity contribution is -0.0688. The zero-order valence-corrected chi connectivity index (χ0v) is 12.7. The largest absolute Gasteiger partial charge is 0.349 e. The topological polar surface area (TPSA) is 42.0 Å². The second-order valence-electron chi connectivity index (χ2n) is 7.72. The quantitative estimate of drug-likeness (QED) is 0.924. The van der Waals surface area contributed by atoms with Gasteiger partial charge in [-0.25, -0.2) is 0 Å². The van der Waals surface area contributed by atoms with Gasteiger partial charge in [0, 0.05) is 18.4 Å². The van der Waals surface area contributed by atoms with E-state index in [1.54, 1.807) is 12.4 Å². The summed E-state index contributed by atoms with van der Waals surface area (Å²) in [5.74, 6) is 2.81. The number of pyridine rings is 1. The zero-order valence-electron chi connectivity index (χ0n) is 12.7. The van der Waals surface area contributed by atoms with E-state index in [1.165, 1.54) is 38.5 Å². The summed E-state index contributed by atoms with van der Waals surface area (Å²) < 4.78 is 0. The summed E-state index contributed by atoms with van der Waals surface area (Å²) in [7, 11) is 0. The Morgan fingerprint density at radius 1 is 1.24 bits per heavy atom. The molecule has 1 unspecified atom stereocenters. The van der Waals surface area contributed by atoms with E-state index in [0.29, 0.717) is 11.0 Å². The van der Waals surface area contributed by atoms with Crippen molar-refractivity contribution in [2.24, 2.45) is 23.2 Å². The average molecular weight is 284 g/mol. The molecule has 1 N–H and O–H groups in total. The Labute approximate surface area is 126 Å². The van der Waals surface area contributed by atoms with Crippen LogP contribution in [0.3, 0.4) is 0 Å². The predicted molar refractivity (Wildman–Crippen MR) is 81.8 cm³/mol. The number of aromatic nitrogens is 1. The van der Waals surface area contributed by atoms with E-state index in [0.717, 1.165) is 17.8 Å². The van der Waals surface area contributed by atoms with Crippen LogP contribution in [0.4, 0.5) is 0 Å². The van der Waals surface area contributed by atoms with Crippen molar-refractivity contribution in [3.05, 3.63) is 30.1 Å². The maximum absolute atomic E-state index is 12.4. The lowest BCUT2D eigenvalue weighted by Gasteiger charge is -2.59. The summed E-state index contributed by atoms with van der Waals surface area (Å²) in [6, 6.07) is 3.94. The zero-order chi connectivity index (χ0) is 14.4. The van der Waals surface area contributed by atoms with Gasteiger partial charge in [-0.2, -0.15) is 0 Å². The van der Waals surface area contributed by atoms with E-state index in [9.17, 15) is 4.79 Å². The molecule has 0 radical (unpaired) electrons. The summed E-state index contributed by atoms with van der Waals surface area (Å²) in [6.45, 7) is 2.22. The molecule has 3 heteroatoms. The smallest absolute Gasteiger partial charge is 0.253 e. The molecule has 5 rings (SSSR count). The van der Waals surface area contributed by atoms with Gasteiger partial charge in [-0.1, -0.05) is 0 Å². The Hall–Kier alpha value is -1.38. The number of rotatable bonds is 3. The van der Waals surface area contributed by atoms with E-state index >= 15 is 0 Å². The van der Waals surface area contributed by atoms with Gasteiger partial charge in [-0.3, -0.25) is 9.78 Å². The summed E-state index contributed by atoms with van der Waals surface area (Å²) in [5.41, 5.74) is 1.04. The first-order valence-corrected chi connectivity index (χ1v) is 8.35. The SMILES string of the molecule is CC(NC(=O)c1cccnc1)C12CC3CC(CC(C3)C1)C2. The Bertz CT molecular complexity index is 504. The third-order valence-corrected chi connectivity index (χ3v) is 6.28. The molecule has 1 aromatic rings. The van der Waals surface area contributed by atoms with Gasteiger partial charge >= 0.3 is 0 Å². The van der Waals surface area contributed by atoms with Crippen molar-refractivity contribution >= 4 is 5.91 Å². The van der Waals surface area contributed by atoms with Gasteiger partial charge in [0.25, 0.3) is 5.91 Å². The number of amides is 1. The Morgan fingerprint density at radius 3 is 2.38 bits per heavy atom. The van der Waals surface area contributed by atoms with Gasteiger partial charge < -0.3 is 5.32 Å². The molecule has 1 aromatic heterocycles. The highest BCUT2D eigenvalue weighted by Gasteiger charge is 2.53. The number of nitrogens with zero attached hydrogens (tertiary/aromatic N) is 1. The molecule has 1 amide bonds. The maximum atomic E-state index is 12.4. The molecular formula is C18H24N2O. The number of hydrogen-bond acceptors (Lipinski definition) is 2. The summed E-state index contributed by atoms with van der Waals surface area (Å²) in [5, 5.41) is 3.27. The molecule has 0 aliphatic heterocycles. The van der Waals surface area contributed by atoms with Crippen LogP contribution in [0.15, 0.2) is 24.5 Å². The van der Waals surface area contributed by atoms with Crippen LogP contribution in [-0.2, 0) is 0 Å². The molecule has 4 aliphatic rings. The monoisotopic (exact) mass is 284 g/mol. The van der Waals surface area contributed by atoms with Crippen LogP contribution >= 0.6 is 0 Å². The first kappa shape index (κ1) is 13.3. The van der Waals surface area contributed by atoms with Crippen molar-refractivity contribution in [1.29, 1.82) is 0 Å². The molecule has 1 heterocycles. The molecule has 3 nitrogen and oxygen atoms in total. The van der Waals surface area contributed by atoms with Crippen LogP contribution in [0.5, 0.6) is 0 Å². The van der Waals surface area contributed by atoms with Crippen LogP contribution in [0.2, 0.25) is 0 Å². The first-order chi connectivity index (χ1) is 10.1. The molecule has 1 atom stereocenters. The van der Waals surface area contributed by atoms with Crippen molar-refractivity contribution in [3.8, 4) is 0 Å². The van der Waals surface area contributed by atoms with Crippen LogP contribution in [-0.4, -0.2) is 16.9 Å². The second kappa shape index (κ2) is 4.82. The lowest BCUT2D eigenvalue weighted by Crippen LogP contribution is -2.55. The third kappa shape index (κ3) is 2.27. The Balaban J connectivity index is 1.50. The van der Waals surface area contributed by atoms with Crippen LogP contribution in [0, 0.1) is 23.2 Å². The Kier molecular flexibility index (Phi) is 3.05. The summed E-state index contributed by atoms with van der Waals surface area (Å²) >= 11 is 0. The van der Waals surface area contributed by atoms with Crippen molar-refractivity contribution < 1.29 is 4.79 Å². The van der Waals surface area contributed by atoms with Gasteiger partial charge in [-0.05, 0) is 80.8 Å². The molecule has 0 saturated heterocycles. The second-order valence-corrected chi connectivity index (χ2v) is 7.72. The predicted octanol–water partition coefficient (Wildman–Crippen LogP) is 3.42. The van der Waals surface area contributed by atoms with E-state index in [1.807, 2.05) is 12.1 Å². The third-order valence-electron chi connectivity index (χ3n) is 6.28. The fraction of sp³-hybridized carbons (Fsp3) is 0.667. The normalized spacial score (nSPS) is 38.2. The average Bonchev–Trinajstić information content (AvgIpc) is 2.46. The molecule has 21 heavy (non-hydrogen) atoms. The van der Waals surface area contributed by atoms with Crippen LogP contribution in [0.1, 0.15) is 55.8 Å². The number of carbonyl (C=O) groups excluding carboxylic acids is 1. The van der Waals surface area contributed by atoms with E-state index in [4.69, 9.17) is 0 Å². The van der Waals surface area contributed by atoms with Crippen molar-refractivity contribution in [1.82, 2.24) is 10.3 Å². The number of carbonyl (C=O) groups is 1. The van der Waals surface area contributed by atoms with Gasteiger partial charge in [0.05, 0.1) is 5.56 Å². The van der Waals surface area contributed by atoms with Crippen molar-refractivity contribution in [2.45, 2.75) is 51.5 Å². The van der Waals surface area contributed by atoms with Gasteiger partial charge in [0.15, 0.2) is 0 Å². The van der Waals surface area contributed by atoms with Gasteiger partial charge in [-0.15, -0.1) is 0 Å². The van der Waals surface area contributed by atoms with E-state index in [-0.39, 0.29) is 11.9 Å². The lowest BCUT2D eigenvalue weighted by atomic mass is 9.48. The fourth-order valence-corrected chi connectivity index (χ4v) is 5.64. The fourth-order valence-electron chi connectivity index (χ4n) is 5.64. The highest BCUT2D eigenvalue weighted by molar-refractivity contribution is 5.94. The van der Waals surface area contributed by atoms with Gasteiger partial charge in [0.2, 0.25) is 0 Å². The highest BCUT2D eigenvalue weighted by atomic mass is 16.1. The summed E-state index contributed by atoms with van der Waals surface area (Å²) in [6.07, 6.45) is 11.7. The maximum Gasteiger partial charge on any atom is 0.253 e. The standard InChI is InChI=1S/C18H24N2O/c1-12(20-17(21)16-3-2-4-19-11-16)18-8-13-5-14(9-18)7-15(6-13)10-18/h2-4,11-15H,5-10H2,1H3,(H,20,21). The first-order valence-electron chi connectivity index (χ1n) is 8.35. The van der Waals surface area contributed by atoms with Gasteiger partial charge in [0.1, 0.15) is 0 Å². The Morgan fingerprint density at radius 2 is 1.86 bits per heavy atom. The molecular weight excluding hydrogens is 260 g/mol. The molecule has 0 aromatic carbocycles. The molecule has 4 aliphatic carbocycles. The molecule has 4 saturated carbocycles. The minimum absolute atomic E-state index is 0.0337. The van der Waals surface area contributed by atoms with E-state index in [2.05, 4.69) is 17.2 Å². The minimum atomic E-state index is 0.0337. The van der Waals surface area contributed by atoms with Crippen molar-refractivity contribution in [2.75, 3.05) is 0 Å². The highest BCUT2D eigenvalue weighted by Crippen LogP contribution is 2.61.